The number of nitrogens with zero attached hydrogens (tertiary/aromatic N) is 4. The van der Waals surface area contributed by atoms with Crippen molar-refractivity contribution in [3.8, 4) is 0 Å². The Kier molecular flexibility index (Phi) is 5.31. The molecule has 122 valence electrons. The third-order valence-corrected chi connectivity index (χ3v) is 3.86. The van der Waals surface area contributed by atoms with Gasteiger partial charge in [-0.25, -0.2) is 4.98 Å². The number of hydrogen-bond donors (Lipinski definition) is 0. The van der Waals surface area contributed by atoms with Crippen LogP contribution in [0.5, 0.6) is 0 Å². The summed E-state index contributed by atoms with van der Waals surface area (Å²) < 4.78 is 5.73. The molecular formula is C15H24N4O3. The van der Waals surface area contributed by atoms with Crippen LogP contribution in [0.25, 0.3) is 0 Å². The van der Waals surface area contributed by atoms with Crippen LogP contribution in [0.3, 0.4) is 0 Å². The minimum Gasteiger partial charge on any atom is -0.373 e. The fourth-order valence-corrected chi connectivity index (χ4v) is 2.92. The van der Waals surface area contributed by atoms with Crippen molar-refractivity contribution in [3.63, 3.8) is 0 Å². The van der Waals surface area contributed by atoms with Crippen LogP contribution in [-0.4, -0.2) is 60.2 Å². The predicted octanol–water partition coefficient (Wildman–Crippen LogP) is 1.84. The van der Waals surface area contributed by atoms with Gasteiger partial charge in [0, 0.05) is 39.3 Å². The fraction of sp³-hybridized carbons (Fsp3) is 0.667. The number of nitro groups is 1. The first-order chi connectivity index (χ1) is 10.4. The van der Waals surface area contributed by atoms with E-state index in [1.807, 2.05) is 18.9 Å². The molecule has 2 atom stereocenters. The van der Waals surface area contributed by atoms with E-state index in [1.165, 1.54) is 6.20 Å². The van der Waals surface area contributed by atoms with Crippen LogP contribution in [0.15, 0.2) is 12.3 Å². The van der Waals surface area contributed by atoms with Crippen molar-refractivity contribution in [1.29, 1.82) is 0 Å². The molecule has 0 radical (unpaired) electrons. The Balaban J connectivity index is 1.94. The highest BCUT2D eigenvalue weighted by Crippen LogP contribution is 2.20. The Labute approximate surface area is 131 Å². The topological polar surface area (TPSA) is 71.7 Å². The lowest BCUT2D eigenvalue weighted by Crippen LogP contribution is -2.47. The lowest BCUT2D eigenvalue weighted by Gasteiger charge is -2.36. The minimum absolute atomic E-state index is 0.0329. The van der Waals surface area contributed by atoms with Crippen molar-refractivity contribution in [3.05, 3.63) is 27.9 Å². The van der Waals surface area contributed by atoms with Crippen molar-refractivity contribution >= 4 is 11.5 Å². The Bertz CT molecular complexity index is 528. The second-order valence-corrected chi connectivity index (χ2v) is 6.03. The molecule has 0 saturated carbocycles. The molecule has 1 aromatic rings. The first kappa shape index (κ1) is 16.6. The second kappa shape index (κ2) is 7.02. The van der Waals surface area contributed by atoms with Crippen LogP contribution in [0.4, 0.5) is 11.5 Å². The van der Waals surface area contributed by atoms with Gasteiger partial charge in [-0.3, -0.25) is 15.0 Å². The highest BCUT2D eigenvalue weighted by Gasteiger charge is 2.22. The van der Waals surface area contributed by atoms with E-state index in [9.17, 15) is 10.1 Å². The summed E-state index contributed by atoms with van der Waals surface area (Å²) in [4.78, 5) is 19.0. The molecule has 7 heteroatoms. The van der Waals surface area contributed by atoms with Gasteiger partial charge in [-0.05, 0) is 26.3 Å². The van der Waals surface area contributed by atoms with Crippen LogP contribution >= 0.6 is 0 Å². The minimum atomic E-state index is -0.416. The summed E-state index contributed by atoms with van der Waals surface area (Å²) in [6, 6.07) is 1.57. The summed E-state index contributed by atoms with van der Waals surface area (Å²) in [5.41, 5.74) is 0.853. The summed E-state index contributed by atoms with van der Waals surface area (Å²) in [5.74, 6) is 0.792. The number of morpholine rings is 1. The number of pyridine rings is 1. The predicted molar refractivity (Wildman–Crippen MR) is 85.3 cm³/mol. The van der Waals surface area contributed by atoms with Gasteiger partial charge in [-0.1, -0.05) is 0 Å². The van der Waals surface area contributed by atoms with Crippen LogP contribution < -0.4 is 4.90 Å². The van der Waals surface area contributed by atoms with Crippen LogP contribution in [0.1, 0.15) is 19.4 Å². The Morgan fingerprint density at radius 2 is 2.09 bits per heavy atom. The highest BCUT2D eigenvalue weighted by atomic mass is 16.6. The van der Waals surface area contributed by atoms with Gasteiger partial charge in [0.15, 0.2) is 0 Å². The zero-order valence-electron chi connectivity index (χ0n) is 13.7. The van der Waals surface area contributed by atoms with E-state index in [2.05, 4.69) is 23.7 Å². The summed E-state index contributed by atoms with van der Waals surface area (Å²) in [7, 11) is 1.97. The smallest absolute Gasteiger partial charge is 0.287 e. The number of rotatable bonds is 5. The third-order valence-electron chi connectivity index (χ3n) is 3.86. The molecule has 0 amide bonds. The molecule has 1 aliphatic rings. The first-order valence-corrected chi connectivity index (χ1v) is 7.56. The van der Waals surface area contributed by atoms with Gasteiger partial charge < -0.3 is 9.64 Å². The average Bonchev–Trinajstić information content (AvgIpc) is 2.43. The average molecular weight is 308 g/mol. The molecule has 0 spiro atoms. The molecule has 7 nitrogen and oxygen atoms in total. The van der Waals surface area contributed by atoms with Gasteiger partial charge in [-0.15, -0.1) is 0 Å². The largest absolute Gasteiger partial charge is 0.373 e. The number of likely N-dealkylation sites (N-methyl/N-ethyl adjacent to an activating group) is 1. The number of anilines is 1. The molecule has 22 heavy (non-hydrogen) atoms. The molecular weight excluding hydrogens is 284 g/mol. The maximum atomic E-state index is 10.8. The normalized spacial score (nSPS) is 22.5. The van der Waals surface area contributed by atoms with Gasteiger partial charge in [0.05, 0.1) is 17.1 Å². The maximum absolute atomic E-state index is 10.8. The van der Waals surface area contributed by atoms with Gasteiger partial charge in [0.25, 0.3) is 5.69 Å². The zero-order chi connectivity index (χ0) is 16.3. The van der Waals surface area contributed by atoms with Crippen molar-refractivity contribution < 1.29 is 9.66 Å². The molecule has 2 rings (SSSR count). The fourth-order valence-electron chi connectivity index (χ4n) is 2.92. The third kappa shape index (κ3) is 4.14. The second-order valence-electron chi connectivity index (χ2n) is 6.03. The van der Waals surface area contributed by atoms with Crippen molar-refractivity contribution in [1.82, 2.24) is 9.88 Å². The van der Waals surface area contributed by atoms with Gasteiger partial charge in [0.2, 0.25) is 0 Å². The molecule has 1 aromatic heterocycles. The zero-order valence-corrected chi connectivity index (χ0v) is 13.7. The lowest BCUT2D eigenvalue weighted by molar-refractivity contribution is -0.385. The summed E-state index contributed by atoms with van der Waals surface area (Å²) in [5, 5.41) is 10.8. The lowest BCUT2D eigenvalue weighted by atomic mass is 10.2. The SMILES string of the molecule is Cc1cc([N+](=O)[O-])cnc1N(C)CCN1C[C@@H](C)O[C@@H](C)C1. The van der Waals surface area contributed by atoms with Crippen LogP contribution in [0, 0.1) is 17.0 Å². The molecule has 1 aliphatic heterocycles. The van der Waals surface area contributed by atoms with Gasteiger partial charge in [-0.2, -0.15) is 0 Å². The van der Waals surface area contributed by atoms with Crippen LogP contribution in [-0.2, 0) is 4.74 Å². The van der Waals surface area contributed by atoms with E-state index in [1.54, 1.807) is 6.07 Å². The van der Waals surface area contributed by atoms with E-state index in [0.29, 0.717) is 0 Å². The summed E-state index contributed by atoms with van der Waals surface area (Å²) >= 11 is 0. The molecule has 0 unspecified atom stereocenters. The summed E-state index contributed by atoms with van der Waals surface area (Å²) in [6.45, 7) is 9.65. The quantitative estimate of drug-likeness (QED) is 0.610. The maximum Gasteiger partial charge on any atom is 0.287 e. The van der Waals surface area contributed by atoms with E-state index in [4.69, 9.17) is 4.74 Å². The standard InChI is InChI=1S/C15H24N4O3/c1-11-7-14(19(20)21)8-16-15(11)17(4)5-6-18-9-12(2)22-13(3)10-18/h7-8,12-13H,5-6,9-10H2,1-4H3/t12-,13+. The Morgan fingerprint density at radius 1 is 1.45 bits per heavy atom. The van der Waals surface area contributed by atoms with E-state index < -0.39 is 4.92 Å². The van der Waals surface area contributed by atoms with Gasteiger partial charge in [0.1, 0.15) is 12.0 Å². The van der Waals surface area contributed by atoms with E-state index in [-0.39, 0.29) is 17.9 Å². The highest BCUT2D eigenvalue weighted by molar-refractivity contribution is 5.49. The molecule has 0 aromatic carbocycles. The summed E-state index contributed by atoms with van der Waals surface area (Å²) in [6.07, 6.45) is 1.83. The van der Waals surface area contributed by atoms with E-state index in [0.717, 1.165) is 37.6 Å². The Hall–Kier alpha value is -1.73. The first-order valence-electron chi connectivity index (χ1n) is 7.56. The molecule has 0 bridgehead atoms. The number of ether oxygens (including phenoxy) is 1. The monoisotopic (exact) mass is 308 g/mol. The molecule has 1 saturated heterocycles. The van der Waals surface area contributed by atoms with Crippen molar-refractivity contribution in [2.45, 2.75) is 33.0 Å². The van der Waals surface area contributed by atoms with E-state index >= 15 is 0 Å². The number of aromatic nitrogens is 1. The van der Waals surface area contributed by atoms with Gasteiger partial charge >= 0.3 is 0 Å². The Morgan fingerprint density at radius 3 is 2.64 bits per heavy atom. The van der Waals surface area contributed by atoms with Crippen LogP contribution in [0.2, 0.25) is 0 Å². The number of hydrogen-bond acceptors (Lipinski definition) is 6. The molecule has 1 fully saturated rings. The number of aryl methyl sites for hydroxylation is 1. The molecule has 0 N–H and O–H groups in total. The van der Waals surface area contributed by atoms with Crippen molar-refractivity contribution in [2.24, 2.45) is 0 Å². The molecule has 0 aliphatic carbocycles. The van der Waals surface area contributed by atoms with Crippen molar-refractivity contribution in [2.75, 3.05) is 38.1 Å². The molecule has 2 heterocycles.